The molecule has 0 N–H and O–H groups in total. The molecule has 0 aromatic rings. The van der Waals surface area contributed by atoms with Crippen LogP contribution in [-0.4, -0.2) is 50.3 Å². The minimum atomic E-state index is -0.985. The van der Waals surface area contributed by atoms with Crippen LogP contribution in [0.1, 0.15) is 13.8 Å². The topological polar surface area (TPSA) is 62.6 Å². The van der Waals surface area contributed by atoms with E-state index in [4.69, 9.17) is 14.7 Å². The van der Waals surface area contributed by atoms with Gasteiger partial charge < -0.3 is 14.4 Å². The molecule has 1 aliphatic heterocycles. The van der Waals surface area contributed by atoms with Crippen LogP contribution in [0.5, 0.6) is 0 Å². The molecule has 0 saturated carbocycles. The first kappa shape index (κ1) is 12.9. The summed E-state index contributed by atoms with van der Waals surface area (Å²) < 4.78 is 10.5. The molecule has 0 aromatic heterocycles. The summed E-state index contributed by atoms with van der Waals surface area (Å²) in [5.74, 6) is -0.170. The van der Waals surface area contributed by atoms with Gasteiger partial charge in [-0.05, 0) is 13.8 Å². The predicted molar refractivity (Wildman–Crippen MR) is 57.6 cm³/mol. The maximum absolute atomic E-state index is 12.0. The van der Waals surface area contributed by atoms with E-state index in [0.717, 1.165) is 0 Å². The number of methoxy groups -OCH3 is 2. The Kier molecular flexibility index (Phi) is 3.89. The number of hydrogen-bond acceptors (Lipinski definition) is 4. The summed E-state index contributed by atoms with van der Waals surface area (Å²) in [4.78, 5) is 13.6. The summed E-state index contributed by atoms with van der Waals surface area (Å²) in [6.45, 7) is 4.21. The van der Waals surface area contributed by atoms with E-state index in [1.807, 2.05) is 6.07 Å². The van der Waals surface area contributed by atoms with Gasteiger partial charge in [0.05, 0.1) is 6.07 Å². The maximum Gasteiger partial charge on any atom is 0.242 e. The Morgan fingerprint density at radius 3 is 2.06 bits per heavy atom. The van der Waals surface area contributed by atoms with Crippen LogP contribution < -0.4 is 0 Å². The molecule has 1 fully saturated rings. The highest BCUT2D eigenvalue weighted by atomic mass is 16.5. The van der Waals surface area contributed by atoms with Gasteiger partial charge in [0, 0.05) is 27.3 Å². The van der Waals surface area contributed by atoms with Crippen molar-refractivity contribution in [3.05, 3.63) is 0 Å². The lowest BCUT2D eigenvalue weighted by atomic mass is 9.94. The zero-order chi connectivity index (χ0) is 12.3. The van der Waals surface area contributed by atoms with E-state index >= 15 is 0 Å². The summed E-state index contributed by atoms with van der Waals surface area (Å²) in [5.41, 5.74) is -0.985. The molecule has 0 radical (unpaired) electrons. The van der Waals surface area contributed by atoms with Crippen molar-refractivity contribution in [1.29, 1.82) is 5.26 Å². The van der Waals surface area contributed by atoms with Gasteiger partial charge in [-0.1, -0.05) is 0 Å². The fraction of sp³-hybridized carbons (Fsp3) is 0.818. The van der Waals surface area contributed by atoms with Gasteiger partial charge in [0.25, 0.3) is 0 Å². The highest BCUT2D eigenvalue weighted by Crippen LogP contribution is 2.23. The SMILES string of the molecule is COC1CN(C(=O)C(C)(C)C#N)CC1OC. The predicted octanol–water partition coefficient (Wildman–Crippen LogP) is 0.408. The Bertz CT molecular complexity index is 297. The Balaban J connectivity index is 2.72. The van der Waals surface area contributed by atoms with Crippen LogP contribution in [0.15, 0.2) is 0 Å². The first-order valence-electron chi connectivity index (χ1n) is 5.22. The van der Waals surface area contributed by atoms with Gasteiger partial charge >= 0.3 is 0 Å². The smallest absolute Gasteiger partial charge is 0.242 e. The van der Waals surface area contributed by atoms with Gasteiger partial charge in [-0.3, -0.25) is 4.79 Å². The lowest BCUT2D eigenvalue weighted by molar-refractivity contribution is -0.137. The Morgan fingerprint density at radius 1 is 1.31 bits per heavy atom. The van der Waals surface area contributed by atoms with Crippen molar-refractivity contribution in [3.8, 4) is 6.07 Å². The van der Waals surface area contributed by atoms with Crippen LogP contribution in [0, 0.1) is 16.7 Å². The lowest BCUT2D eigenvalue weighted by Crippen LogP contribution is -2.39. The van der Waals surface area contributed by atoms with Gasteiger partial charge in [0.1, 0.15) is 17.6 Å². The molecular formula is C11H18N2O3. The molecule has 0 aliphatic carbocycles. The van der Waals surface area contributed by atoms with E-state index in [1.54, 1.807) is 33.0 Å². The van der Waals surface area contributed by atoms with E-state index in [2.05, 4.69) is 0 Å². The fourth-order valence-electron chi connectivity index (χ4n) is 1.81. The van der Waals surface area contributed by atoms with E-state index in [-0.39, 0.29) is 18.1 Å². The van der Waals surface area contributed by atoms with Crippen LogP contribution in [0.3, 0.4) is 0 Å². The largest absolute Gasteiger partial charge is 0.377 e. The van der Waals surface area contributed by atoms with Gasteiger partial charge in [0.15, 0.2) is 0 Å². The number of likely N-dealkylation sites (tertiary alicyclic amines) is 1. The van der Waals surface area contributed by atoms with Crippen molar-refractivity contribution < 1.29 is 14.3 Å². The third-order valence-corrected chi connectivity index (χ3v) is 2.92. The van der Waals surface area contributed by atoms with E-state index < -0.39 is 5.41 Å². The van der Waals surface area contributed by atoms with Gasteiger partial charge in [-0.15, -0.1) is 0 Å². The molecule has 1 amide bonds. The summed E-state index contributed by atoms with van der Waals surface area (Å²) in [6.07, 6.45) is -0.216. The highest BCUT2D eigenvalue weighted by molar-refractivity contribution is 5.85. The van der Waals surface area contributed by atoms with Crippen LogP contribution in [0.2, 0.25) is 0 Å². The summed E-state index contributed by atoms with van der Waals surface area (Å²) in [6, 6.07) is 2.01. The van der Waals surface area contributed by atoms with Crippen molar-refractivity contribution in [1.82, 2.24) is 4.90 Å². The van der Waals surface area contributed by atoms with Crippen LogP contribution in [0.25, 0.3) is 0 Å². The molecule has 1 saturated heterocycles. The summed E-state index contributed by atoms with van der Waals surface area (Å²) >= 11 is 0. The van der Waals surface area contributed by atoms with Crippen molar-refractivity contribution in [2.45, 2.75) is 26.1 Å². The number of nitriles is 1. The minimum absolute atomic E-state index is 0.108. The summed E-state index contributed by atoms with van der Waals surface area (Å²) in [7, 11) is 3.19. The van der Waals surface area contributed by atoms with Crippen LogP contribution in [0.4, 0.5) is 0 Å². The number of amides is 1. The zero-order valence-electron chi connectivity index (χ0n) is 10.2. The van der Waals surface area contributed by atoms with Gasteiger partial charge in [-0.25, -0.2) is 0 Å². The number of ether oxygens (including phenoxy) is 2. The third kappa shape index (κ3) is 2.34. The van der Waals surface area contributed by atoms with E-state index in [1.165, 1.54) is 0 Å². The molecule has 2 unspecified atom stereocenters. The molecule has 5 nitrogen and oxygen atoms in total. The number of carbonyl (C=O) groups excluding carboxylic acids is 1. The minimum Gasteiger partial charge on any atom is -0.377 e. The molecule has 1 rings (SSSR count). The molecule has 16 heavy (non-hydrogen) atoms. The average molecular weight is 226 g/mol. The normalized spacial score (nSPS) is 25.6. The molecule has 2 atom stereocenters. The number of nitrogens with zero attached hydrogens (tertiary/aromatic N) is 2. The van der Waals surface area contributed by atoms with Crippen molar-refractivity contribution >= 4 is 5.91 Å². The van der Waals surface area contributed by atoms with E-state index in [9.17, 15) is 4.79 Å². The Morgan fingerprint density at radius 2 is 1.75 bits per heavy atom. The second-order valence-electron chi connectivity index (χ2n) is 4.50. The molecule has 5 heteroatoms. The highest BCUT2D eigenvalue weighted by Gasteiger charge is 2.40. The second kappa shape index (κ2) is 4.81. The Labute approximate surface area is 95.9 Å². The standard InChI is InChI=1S/C11H18N2O3/c1-11(2,7-12)10(14)13-5-8(15-3)9(6-13)16-4/h8-9H,5-6H2,1-4H3. The molecule has 1 heterocycles. The monoisotopic (exact) mass is 226 g/mol. The second-order valence-corrected chi connectivity index (χ2v) is 4.50. The van der Waals surface area contributed by atoms with Crippen molar-refractivity contribution in [3.63, 3.8) is 0 Å². The number of carbonyl (C=O) groups is 1. The summed E-state index contributed by atoms with van der Waals surface area (Å²) in [5, 5.41) is 8.91. The van der Waals surface area contributed by atoms with Crippen LogP contribution in [-0.2, 0) is 14.3 Å². The maximum atomic E-state index is 12.0. The Hall–Kier alpha value is -1.12. The quantitative estimate of drug-likeness (QED) is 0.699. The number of rotatable bonds is 3. The molecule has 0 aromatic carbocycles. The lowest BCUT2D eigenvalue weighted by Gasteiger charge is -2.23. The molecule has 1 aliphatic rings. The molecule has 0 spiro atoms. The molecule has 90 valence electrons. The van der Waals surface area contributed by atoms with Gasteiger partial charge in [-0.2, -0.15) is 5.26 Å². The van der Waals surface area contributed by atoms with Gasteiger partial charge in [0.2, 0.25) is 5.91 Å². The van der Waals surface area contributed by atoms with E-state index in [0.29, 0.717) is 13.1 Å². The zero-order valence-corrected chi connectivity index (χ0v) is 10.2. The van der Waals surface area contributed by atoms with Crippen molar-refractivity contribution in [2.75, 3.05) is 27.3 Å². The first-order chi connectivity index (χ1) is 7.46. The fourth-order valence-corrected chi connectivity index (χ4v) is 1.81. The molecular weight excluding hydrogens is 208 g/mol. The van der Waals surface area contributed by atoms with Crippen LogP contribution >= 0.6 is 0 Å². The average Bonchev–Trinajstić information content (AvgIpc) is 2.70. The van der Waals surface area contributed by atoms with Crippen molar-refractivity contribution in [2.24, 2.45) is 5.41 Å². The third-order valence-electron chi connectivity index (χ3n) is 2.92. The number of hydrogen-bond donors (Lipinski definition) is 0. The first-order valence-corrected chi connectivity index (χ1v) is 5.22. The molecule has 0 bridgehead atoms.